The van der Waals surface area contributed by atoms with E-state index in [2.05, 4.69) is 84.4 Å². The van der Waals surface area contributed by atoms with Gasteiger partial charge in [0.25, 0.3) is 0 Å². The van der Waals surface area contributed by atoms with Crippen molar-refractivity contribution in [3.05, 3.63) is 76.3 Å². The summed E-state index contributed by atoms with van der Waals surface area (Å²) < 4.78 is 1.03. The lowest BCUT2D eigenvalue weighted by molar-refractivity contribution is 0.663. The molecule has 0 atom stereocenters. The average molecular weight is 364 g/mol. The first-order chi connectivity index (χ1) is 11.0. The van der Waals surface area contributed by atoms with Crippen molar-refractivity contribution in [2.75, 3.05) is 5.73 Å². The lowest BCUT2D eigenvalue weighted by atomic mass is 9.81. The van der Waals surface area contributed by atoms with E-state index in [1.54, 1.807) is 0 Å². The van der Waals surface area contributed by atoms with Crippen LogP contribution in [0.25, 0.3) is 22.3 Å². The highest BCUT2D eigenvalue weighted by atomic mass is 79.9. The fourth-order valence-corrected chi connectivity index (χ4v) is 4.25. The zero-order valence-corrected chi connectivity index (χ0v) is 14.8. The highest BCUT2D eigenvalue weighted by molar-refractivity contribution is 9.10. The number of nitrogen functional groups attached to an aromatic ring is 1. The normalized spacial score (nSPS) is 14.4. The van der Waals surface area contributed by atoms with Crippen molar-refractivity contribution < 1.29 is 0 Å². The Morgan fingerprint density at radius 3 is 2.30 bits per heavy atom. The maximum absolute atomic E-state index is 6.35. The first kappa shape index (κ1) is 14.5. The van der Waals surface area contributed by atoms with Crippen LogP contribution >= 0.6 is 15.9 Å². The van der Waals surface area contributed by atoms with Gasteiger partial charge in [-0.3, -0.25) is 0 Å². The molecule has 4 rings (SSSR count). The van der Waals surface area contributed by atoms with Crippen molar-refractivity contribution in [1.82, 2.24) is 0 Å². The second-order valence-corrected chi connectivity index (χ2v) is 7.58. The SMILES string of the molecule is CC1(C)c2cc(-c3ccccc3)ccc2-c2cc(Br)cc(N)c21. The summed E-state index contributed by atoms with van der Waals surface area (Å²) in [6.45, 7) is 4.52. The van der Waals surface area contributed by atoms with E-state index < -0.39 is 0 Å². The molecule has 0 bridgehead atoms. The Hall–Kier alpha value is -2.06. The fourth-order valence-electron chi connectivity index (χ4n) is 3.78. The van der Waals surface area contributed by atoms with Gasteiger partial charge in [0.15, 0.2) is 0 Å². The van der Waals surface area contributed by atoms with Crippen molar-refractivity contribution in [3.63, 3.8) is 0 Å². The van der Waals surface area contributed by atoms with Crippen LogP contribution in [0.5, 0.6) is 0 Å². The van der Waals surface area contributed by atoms with Gasteiger partial charge in [0.1, 0.15) is 0 Å². The molecule has 0 radical (unpaired) electrons. The summed E-state index contributed by atoms with van der Waals surface area (Å²) in [6, 6.07) is 21.5. The first-order valence-electron chi connectivity index (χ1n) is 7.78. The standard InChI is InChI=1S/C21H18BrN/c1-21(2)18-10-14(13-6-4-3-5-7-13)8-9-16(18)17-11-15(22)12-19(23)20(17)21/h3-12H,23H2,1-2H3. The van der Waals surface area contributed by atoms with Crippen LogP contribution in [0.2, 0.25) is 0 Å². The summed E-state index contributed by atoms with van der Waals surface area (Å²) in [5.74, 6) is 0. The number of anilines is 1. The number of hydrogen-bond acceptors (Lipinski definition) is 1. The smallest absolute Gasteiger partial charge is 0.0373 e. The van der Waals surface area contributed by atoms with Crippen LogP contribution in [-0.2, 0) is 5.41 Å². The number of hydrogen-bond donors (Lipinski definition) is 1. The van der Waals surface area contributed by atoms with E-state index in [-0.39, 0.29) is 5.41 Å². The molecule has 2 heteroatoms. The van der Waals surface area contributed by atoms with Crippen LogP contribution in [0.1, 0.15) is 25.0 Å². The van der Waals surface area contributed by atoms with Crippen molar-refractivity contribution in [3.8, 4) is 22.3 Å². The maximum atomic E-state index is 6.35. The molecular weight excluding hydrogens is 346 g/mol. The van der Waals surface area contributed by atoms with E-state index in [1.807, 2.05) is 6.07 Å². The lowest BCUT2D eigenvalue weighted by Gasteiger charge is -2.23. The molecule has 0 saturated heterocycles. The van der Waals surface area contributed by atoms with Gasteiger partial charge in [-0.1, -0.05) is 72.2 Å². The van der Waals surface area contributed by atoms with Crippen LogP contribution in [0.15, 0.2) is 65.1 Å². The Balaban J connectivity index is 1.97. The molecular formula is C21H18BrN. The minimum Gasteiger partial charge on any atom is -0.398 e. The number of rotatable bonds is 1. The molecule has 0 spiro atoms. The highest BCUT2D eigenvalue weighted by Crippen LogP contribution is 2.52. The van der Waals surface area contributed by atoms with Crippen LogP contribution in [0, 0.1) is 0 Å². The van der Waals surface area contributed by atoms with Crippen LogP contribution in [0.4, 0.5) is 5.69 Å². The minimum atomic E-state index is -0.0831. The topological polar surface area (TPSA) is 26.0 Å². The number of benzene rings is 3. The predicted molar refractivity (Wildman–Crippen MR) is 102 cm³/mol. The molecule has 0 amide bonds. The van der Waals surface area contributed by atoms with Crippen molar-refractivity contribution in [1.29, 1.82) is 0 Å². The van der Waals surface area contributed by atoms with E-state index in [0.29, 0.717) is 0 Å². The van der Waals surface area contributed by atoms with Gasteiger partial charge in [-0.15, -0.1) is 0 Å². The van der Waals surface area contributed by atoms with E-state index >= 15 is 0 Å². The van der Waals surface area contributed by atoms with Crippen LogP contribution < -0.4 is 5.73 Å². The Kier molecular flexibility index (Phi) is 3.14. The molecule has 2 N–H and O–H groups in total. The Morgan fingerprint density at radius 1 is 0.826 bits per heavy atom. The summed E-state index contributed by atoms with van der Waals surface area (Å²) in [7, 11) is 0. The number of nitrogens with two attached hydrogens (primary N) is 1. The first-order valence-corrected chi connectivity index (χ1v) is 8.57. The monoisotopic (exact) mass is 363 g/mol. The second kappa shape index (κ2) is 4.97. The van der Waals surface area contributed by atoms with Crippen LogP contribution in [0.3, 0.4) is 0 Å². The summed E-state index contributed by atoms with van der Waals surface area (Å²) in [6.07, 6.45) is 0. The molecule has 1 nitrogen and oxygen atoms in total. The third-order valence-corrected chi connectivity index (χ3v) is 5.31. The van der Waals surface area contributed by atoms with Gasteiger partial charge in [0, 0.05) is 15.6 Å². The molecule has 1 aliphatic rings. The van der Waals surface area contributed by atoms with E-state index in [4.69, 9.17) is 5.73 Å². The quantitative estimate of drug-likeness (QED) is 0.526. The van der Waals surface area contributed by atoms with Gasteiger partial charge in [-0.2, -0.15) is 0 Å². The Morgan fingerprint density at radius 2 is 1.57 bits per heavy atom. The highest BCUT2D eigenvalue weighted by Gasteiger charge is 2.37. The summed E-state index contributed by atoms with van der Waals surface area (Å²) in [5, 5.41) is 0. The predicted octanol–water partition coefficient (Wildman–Crippen LogP) is 6.00. The minimum absolute atomic E-state index is 0.0831. The van der Waals surface area contributed by atoms with E-state index in [9.17, 15) is 0 Å². The van der Waals surface area contributed by atoms with Crippen LogP contribution in [-0.4, -0.2) is 0 Å². The van der Waals surface area contributed by atoms with Crippen molar-refractivity contribution >= 4 is 21.6 Å². The van der Waals surface area contributed by atoms with Gasteiger partial charge >= 0.3 is 0 Å². The van der Waals surface area contributed by atoms with E-state index in [1.165, 1.54) is 33.4 Å². The molecule has 3 aromatic carbocycles. The van der Waals surface area contributed by atoms with Gasteiger partial charge in [0.05, 0.1) is 0 Å². The molecule has 3 aromatic rings. The summed E-state index contributed by atoms with van der Waals surface area (Å²) >= 11 is 3.58. The maximum Gasteiger partial charge on any atom is 0.0373 e. The van der Waals surface area contributed by atoms with Gasteiger partial charge in [0.2, 0.25) is 0 Å². The third-order valence-electron chi connectivity index (χ3n) is 4.85. The van der Waals surface area contributed by atoms with Gasteiger partial charge in [-0.05, 0) is 51.6 Å². The molecule has 0 fully saturated rings. The summed E-state index contributed by atoms with van der Waals surface area (Å²) in [4.78, 5) is 0. The number of fused-ring (bicyclic) bond motifs is 3. The molecule has 114 valence electrons. The second-order valence-electron chi connectivity index (χ2n) is 6.67. The molecule has 0 aliphatic heterocycles. The van der Waals surface area contributed by atoms with Gasteiger partial charge < -0.3 is 5.73 Å². The molecule has 0 saturated carbocycles. The zero-order chi connectivity index (χ0) is 16.2. The average Bonchev–Trinajstić information content (AvgIpc) is 2.76. The Bertz CT molecular complexity index is 911. The Labute approximate surface area is 145 Å². The zero-order valence-electron chi connectivity index (χ0n) is 13.2. The lowest BCUT2D eigenvalue weighted by Crippen LogP contribution is -2.17. The molecule has 23 heavy (non-hydrogen) atoms. The van der Waals surface area contributed by atoms with Gasteiger partial charge in [-0.25, -0.2) is 0 Å². The molecule has 1 aliphatic carbocycles. The van der Waals surface area contributed by atoms with Crippen molar-refractivity contribution in [2.24, 2.45) is 0 Å². The van der Waals surface area contributed by atoms with E-state index in [0.717, 1.165) is 10.2 Å². The molecule has 0 heterocycles. The largest absolute Gasteiger partial charge is 0.398 e. The molecule has 0 unspecified atom stereocenters. The number of halogens is 1. The van der Waals surface area contributed by atoms with Crippen molar-refractivity contribution in [2.45, 2.75) is 19.3 Å². The summed E-state index contributed by atoms with van der Waals surface area (Å²) in [5.41, 5.74) is 14.7. The third kappa shape index (κ3) is 2.13. The molecule has 0 aromatic heterocycles. The fraction of sp³-hybridized carbons (Fsp3) is 0.143.